The van der Waals surface area contributed by atoms with Crippen LogP contribution in [0.1, 0.15) is 29.1 Å². The number of fused-ring (bicyclic) bond motifs is 1. The third-order valence-electron chi connectivity index (χ3n) is 2.04. The van der Waals surface area contributed by atoms with Crippen molar-refractivity contribution in [2.24, 2.45) is 0 Å². The Hall–Kier alpha value is -0.930. The summed E-state index contributed by atoms with van der Waals surface area (Å²) in [5, 5.41) is 0.393. The molecule has 0 amide bonds. The lowest BCUT2D eigenvalue weighted by atomic mass is 10.0. The molecule has 2 rings (SSSR count). The van der Waals surface area contributed by atoms with E-state index in [1.165, 1.54) is 0 Å². The molecule has 1 unspecified atom stereocenters. The minimum atomic E-state index is -0.147. The van der Waals surface area contributed by atoms with Gasteiger partial charge in [-0.25, -0.2) is 4.98 Å². The summed E-state index contributed by atoms with van der Waals surface area (Å²) in [4.78, 5) is 15.4. The predicted molar refractivity (Wildman–Crippen MR) is 47.9 cm³/mol. The first-order chi connectivity index (χ1) is 6.18. The van der Waals surface area contributed by atoms with Gasteiger partial charge in [0.15, 0.2) is 5.78 Å². The van der Waals surface area contributed by atoms with Crippen LogP contribution >= 0.6 is 11.6 Å². The van der Waals surface area contributed by atoms with Crippen LogP contribution < -0.4 is 0 Å². The number of halogens is 1. The van der Waals surface area contributed by atoms with Gasteiger partial charge in [-0.3, -0.25) is 4.79 Å². The van der Waals surface area contributed by atoms with Crippen LogP contribution in [0.5, 0.6) is 0 Å². The summed E-state index contributed by atoms with van der Waals surface area (Å²) < 4.78 is 5.20. The Kier molecular flexibility index (Phi) is 2.06. The van der Waals surface area contributed by atoms with Gasteiger partial charge in [-0.2, -0.15) is 0 Å². The van der Waals surface area contributed by atoms with E-state index in [9.17, 15) is 4.79 Å². The van der Waals surface area contributed by atoms with E-state index < -0.39 is 0 Å². The number of ketones is 1. The van der Waals surface area contributed by atoms with Crippen molar-refractivity contribution in [1.82, 2.24) is 4.98 Å². The number of pyridine rings is 1. The topological polar surface area (TPSA) is 39.2 Å². The first kappa shape index (κ1) is 8.66. The lowest BCUT2D eigenvalue weighted by molar-refractivity contribution is 0.0416. The van der Waals surface area contributed by atoms with Crippen molar-refractivity contribution in [3.8, 4) is 0 Å². The molecule has 1 aliphatic rings. The Morgan fingerprint density at radius 1 is 1.62 bits per heavy atom. The molecule has 3 nitrogen and oxygen atoms in total. The van der Waals surface area contributed by atoms with Crippen LogP contribution in [-0.4, -0.2) is 17.4 Å². The number of hydrogen-bond acceptors (Lipinski definition) is 3. The smallest absolute Gasteiger partial charge is 0.190 e. The number of rotatable bonds is 0. The normalized spacial score (nSPS) is 21.4. The van der Waals surface area contributed by atoms with Gasteiger partial charge in [0.05, 0.1) is 11.8 Å². The van der Waals surface area contributed by atoms with Crippen LogP contribution in [0.4, 0.5) is 0 Å². The number of Topliss-reactive ketones (excluding diaryl/α,β-unsaturated/α-hetero) is 1. The molecule has 0 aliphatic carbocycles. The molecule has 1 aromatic heterocycles. The second kappa shape index (κ2) is 3.09. The third-order valence-corrected chi connectivity index (χ3v) is 2.25. The molecule has 0 saturated heterocycles. The maximum Gasteiger partial charge on any atom is 0.190 e. The zero-order valence-electron chi connectivity index (χ0n) is 7.08. The largest absolute Gasteiger partial charge is 0.364 e. The Balaban J connectivity index is 2.57. The minimum absolute atomic E-state index is 0.0303. The van der Waals surface area contributed by atoms with Gasteiger partial charge in [-0.05, 0) is 19.1 Å². The highest BCUT2D eigenvalue weighted by atomic mass is 35.5. The van der Waals surface area contributed by atoms with E-state index in [4.69, 9.17) is 16.3 Å². The van der Waals surface area contributed by atoms with Gasteiger partial charge in [-0.1, -0.05) is 11.6 Å². The van der Waals surface area contributed by atoms with E-state index in [1.807, 2.05) is 6.92 Å². The van der Waals surface area contributed by atoms with Crippen LogP contribution in [0.2, 0.25) is 5.15 Å². The quantitative estimate of drug-likeness (QED) is 0.598. The number of nitrogens with zero attached hydrogens (tertiary/aromatic N) is 1. The fourth-order valence-electron chi connectivity index (χ4n) is 1.35. The average Bonchev–Trinajstić information content (AvgIpc) is 2.12. The fourth-order valence-corrected chi connectivity index (χ4v) is 1.51. The summed E-state index contributed by atoms with van der Waals surface area (Å²) in [5.41, 5.74) is 1.27. The molecular formula is C9H8ClNO2. The summed E-state index contributed by atoms with van der Waals surface area (Å²) in [6, 6.07) is 3.32. The zero-order chi connectivity index (χ0) is 9.42. The molecule has 1 atom stereocenters. The second-order valence-electron chi connectivity index (χ2n) is 2.94. The molecule has 0 fully saturated rings. The van der Waals surface area contributed by atoms with E-state index in [1.54, 1.807) is 12.1 Å². The van der Waals surface area contributed by atoms with Gasteiger partial charge in [0.25, 0.3) is 0 Å². The molecular weight excluding hydrogens is 190 g/mol. The molecule has 4 heteroatoms. The molecule has 1 aliphatic heterocycles. The zero-order valence-corrected chi connectivity index (χ0v) is 7.84. The molecule has 0 aromatic carbocycles. The maximum atomic E-state index is 11.3. The minimum Gasteiger partial charge on any atom is -0.364 e. The van der Waals surface area contributed by atoms with Crippen LogP contribution in [0, 0.1) is 0 Å². The summed E-state index contributed by atoms with van der Waals surface area (Å²) in [6.45, 7) is 1.99. The molecule has 1 aromatic rings. The van der Waals surface area contributed by atoms with Gasteiger partial charge >= 0.3 is 0 Å². The van der Waals surface area contributed by atoms with Crippen LogP contribution in [0.3, 0.4) is 0 Å². The van der Waals surface area contributed by atoms with E-state index in [0.717, 1.165) is 0 Å². The standard InChI is InChI=1S/C9H8ClNO2/c1-5-9-6(7(12)4-13-5)2-3-8(10)11-9/h2-3,5H,4H2,1H3. The van der Waals surface area contributed by atoms with E-state index in [2.05, 4.69) is 4.98 Å². The highest BCUT2D eigenvalue weighted by molar-refractivity contribution is 6.29. The van der Waals surface area contributed by atoms with Crippen molar-refractivity contribution in [2.45, 2.75) is 13.0 Å². The molecule has 68 valence electrons. The van der Waals surface area contributed by atoms with Crippen molar-refractivity contribution < 1.29 is 9.53 Å². The number of carbonyl (C=O) groups is 1. The van der Waals surface area contributed by atoms with E-state index in [-0.39, 0.29) is 18.5 Å². The van der Waals surface area contributed by atoms with Crippen molar-refractivity contribution in [2.75, 3.05) is 6.61 Å². The highest BCUT2D eigenvalue weighted by Gasteiger charge is 2.24. The predicted octanol–water partition coefficient (Wildman–Crippen LogP) is 2.01. The Morgan fingerprint density at radius 2 is 2.38 bits per heavy atom. The Labute approximate surface area is 80.7 Å². The first-order valence-corrected chi connectivity index (χ1v) is 4.37. The molecule has 0 N–H and O–H groups in total. The van der Waals surface area contributed by atoms with Crippen LogP contribution in [-0.2, 0) is 4.74 Å². The van der Waals surface area contributed by atoms with Crippen molar-refractivity contribution in [3.63, 3.8) is 0 Å². The third kappa shape index (κ3) is 1.45. The van der Waals surface area contributed by atoms with Crippen molar-refractivity contribution >= 4 is 17.4 Å². The lowest BCUT2D eigenvalue weighted by Crippen LogP contribution is -2.22. The number of aromatic nitrogens is 1. The SMILES string of the molecule is CC1OCC(=O)c2ccc(Cl)nc21. The molecule has 0 radical (unpaired) electrons. The highest BCUT2D eigenvalue weighted by Crippen LogP contribution is 2.25. The van der Waals surface area contributed by atoms with Gasteiger partial charge in [-0.15, -0.1) is 0 Å². The number of ether oxygens (including phenoxy) is 1. The Bertz CT molecular complexity index is 365. The number of hydrogen-bond donors (Lipinski definition) is 0. The summed E-state index contributed by atoms with van der Waals surface area (Å²) in [7, 11) is 0. The fraction of sp³-hybridized carbons (Fsp3) is 0.333. The summed E-state index contributed by atoms with van der Waals surface area (Å²) in [6.07, 6.45) is -0.147. The van der Waals surface area contributed by atoms with Crippen molar-refractivity contribution in [3.05, 3.63) is 28.5 Å². The molecule has 13 heavy (non-hydrogen) atoms. The van der Waals surface area contributed by atoms with E-state index in [0.29, 0.717) is 16.4 Å². The second-order valence-corrected chi connectivity index (χ2v) is 3.33. The first-order valence-electron chi connectivity index (χ1n) is 3.99. The van der Waals surface area contributed by atoms with Gasteiger partial charge in [0.1, 0.15) is 11.8 Å². The molecule has 0 bridgehead atoms. The number of carbonyl (C=O) groups excluding carboxylic acids is 1. The lowest BCUT2D eigenvalue weighted by Gasteiger charge is -2.20. The monoisotopic (exact) mass is 197 g/mol. The van der Waals surface area contributed by atoms with Crippen LogP contribution in [0.15, 0.2) is 12.1 Å². The van der Waals surface area contributed by atoms with E-state index >= 15 is 0 Å². The van der Waals surface area contributed by atoms with Gasteiger partial charge in [0, 0.05) is 5.56 Å². The van der Waals surface area contributed by atoms with Crippen molar-refractivity contribution in [1.29, 1.82) is 0 Å². The molecule has 2 heterocycles. The van der Waals surface area contributed by atoms with Gasteiger partial charge in [0.2, 0.25) is 0 Å². The maximum absolute atomic E-state index is 11.3. The molecule has 0 saturated carbocycles. The summed E-state index contributed by atoms with van der Waals surface area (Å²) in [5.74, 6) is -0.0303. The van der Waals surface area contributed by atoms with Crippen LogP contribution in [0.25, 0.3) is 0 Å². The Morgan fingerprint density at radius 3 is 3.15 bits per heavy atom. The van der Waals surface area contributed by atoms with Gasteiger partial charge < -0.3 is 4.74 Å². The summed E-state index contributed by atoms with van der Waals surface area (Å²) >= 11 is 5.71. The molecule has 0 spiro atoms. The average molecular weight is 198 g/mol.